The molecule has 0 radical (unpaired) electrons. The minimum absolute atomic E-state index is 0.0295. The SMILES string of the molecule is CC/C=C\C/C=C\C/C=C\C/C=C\C/C=C\C/C=C\CCCCCCCCC(=O)OC(/C=C\CCCCCCCCCCCC)C(COP(=O)([O-])OCC[N+](C)(C)C)NC(=O)CCCCCCCCC/C=C/CCCCCCCC. The van der Waals surface area contributed by atoms with Gasteiger partial charge in [-0.1, -0.05) is 260 Å². The Morgan fingerprint density at radius 3 is 1.21 bits per heavy atom. The van der Waals surface area contributed by atoms with E-state index < -0.39 is 26.6 Å². The number of phosphoric ester groups is 1. The van der Waals surface area contributed by atoms with Crippen molar-refractivity contribution in [2.24, 2.45) is 0 Å². The molecule has 3 unspecified atom stereocenters. The average molecular weight is 1140 g/mol. The summed E-state index contributed by atoms with van der Waals surface area (Å²) in [6.45, 7) is 6.72. The van der Waals surface area contributed by atoms with Gasteiger partial charge in [-0.3, -0.25) is 14.2 Å². The molecule has 462 valence electrons. The summed E-state index contributed by atoms with van der Waals surface area (Å²) in [5.41, 5.74) is 0. The molecule has 0 aliphatic rings. The predicted molar refractivity (Wildman–Crippen MR) is 344 cm³/mol. The van der Waals surface area contributed by atoms with E-state index in [1.54, 1.807) is 0 Å². The first-order valence-corrected chi connectivity index (χ1v) is 34.5. The molecule has 0 fully saturated rings. The van der Waals surface area contributed by atoms with Crippen LogP contribution in [0.4, 0.5) is 0 Å². The molecule has 9 nitrogen and oxygen atoms in total. The molecule has 10 heteroatoms. The average Bonchev–Trinajstić information content (AvgIpc) is 3.42. The van der Waals surface area contributed by atoms with Crippen molar-refractivity contribution < 1.29 is 37.3 Å². The molecular weight excluding hydrogens is 1010 g/mol. The number of nitrogens with zero attached hydrogens (tertiary/aromatic N) is 1. The second kappa shape index (κ2) is 59.1. The maximum atomic E-state index is 13.6. The predicted octanol–water partition coefficient (Wildman–Crippen LogP) is 20.1. The highest BCUT2D eigenvalue weighted by molar-refractivity contribution is 7.45. The Morgan fingerprint density at radius 1 is 0.450 bits per heavy atom. The Bertz CT molecular complexity index is 1690. The van der Waals surface area contributed by atoms with Gasteiger partial charge in [-0.2, -0.15) is 0 Å². The maximum absolute atomic E-state index is 13.6. The molecule has 1 N–H and O–H groups in total. The van der Waals surface area contributed by atoms with E-state index in [0.717, 1.165) is 128 Å². The van der Waals surface area contributed by atoms with Gasteiger partial charge in [0, 0.05) is 12.8 Å². The van der Waals surface area contributed by atoms with E-state index in [4.69, 9.17) is 13.8 Å². The molecule has 0 aromatic heterocycles. The van der Waals surface area contributed by atoms with Crippen LogP contribution in [0.3, 0.4) is 0 Å². The van der Waals surface area contributed by atoms with E-state index in [1.165, 1.54) is 116 Å². The summed E-state index contributed by atoms with van der Waals surface area (Å²) in [7, 11) is 1.17. The Labute approximate surface area is 494 Å². The fourth-order valence-electron chi connectivity index (χ4n) is 9.17. The number of quaternary nitrogens is 1. The summed E-state index contributed by atoms with van der Waals surface area (Å²) in [5.74, 6) is -0.563. The lowest BCUT2D eigenvalue weighted by molar-refractivity contribution is -0.870. The zero-order chi connectivity index (χ0) is 58.6. The molecule has 0 rings (SSSR count). The second-order valence-electron chi connectivity index (χ2n) is 23.2. The zero-order valence-corrected chi connectivity index (χ0v) is 53.7. The fourth-order valence-corrected chi connectivity index (χ4v) is 9.89. The third kappa shape index (κ3) is 59.5. The van der Waals surface area contributed by atoms with E-state index in [1.807, 2.05) is 33.3 Å². The quantitative estimate of drug-likeness (QED) is 0.0212. The summed E-state index contributed by atoms with van der Waals surface area (Å²) >= 11 is 0. The number of hydrogen-bond acceptors (Lipinski definition) is 7. The number of allylic oxidation sites excluding steroid dienone is 15. The number of nitrogens with one attached hydrogen (secondary N) is 1. The molecule has 0 aromatic carbocycles. The zero-order valence-electron chi connectivity index (χ0n) is 52.8. The van der Waals surface area contributed by atoms with E-state index in [-0.39, 0.29) is 24.9 Å². The van der Waals surface area contributed by atoms with Crippen LogP contribution in [0.25, 0.3) is 0 Å². The van der Waals surface area contributed by atoms with Gasteiger partial charge in [0.1, 0.15) is 19.3 Å². The van der Waals surface area contributed by atoms with Gasteiger partial charge in [0.15, 0.2) is 0 Å². The summed E-state index contributed by atoms with van der Waals surface area (Å²) in [5, 5.41) is 3.03. The van der Waals surface area contributed by atoms with Crippen LogP contribution in [0, 0.1) is 0 Å². The smallest absolute Gasteiger partial charge is 0.306 e. The molecule has 1 amide bonds. The van der Waals surface area contributed by atoms with Crippen LogP contribution >= 0.6 is 7.82 Å². The molecule has 80 heavy (non-hydrogen) atoms. The minimum Gasteiger partial charge on any atom is -0.756 e. The number of phosphoric acid groups is 1. The van der Waals surface area contributed by atoms with Crippen molar-refractivity contribution in [1.29, 1.82) is 0 Å². The Kier molecular flexibility index (Phi) is 56.8. The molecule has 0 aliphatic carbocycles. The van der Waals surface area contributed by atoms with Crippen molar-refractivity contribution in [2.75, 3.05) is 40.9 Å². The molecule has 0 saturated heterocycles. The monoisotopic (exact) mass is 1140 g/mol. The molecule has 0 aliphatic heterocycles. The Morgan fingerprint density at radius 2 is 0.800 bits per heavy atom. The highest BCUT2D eigenvalue weighted by Gasteiger charge is 2.27. The number of amides is 1. The van der Waals surface area contributed by atoms with Gasteiger partial charge in [-0.25, -0.2) is 0 Å². The minimum atomic E-state index is -4.71. The lowest BCUT2D eigenvalue weighted by atomic mass is 10.0. The van der Waals surface area contributed by atoms with Crippen LogP contribution in [-0.4, -0.2) is 69.4 Å². The van der Waals surface area contributed by atoms with Crippen LogP contribution in [0.15, 0.2) is 97.2 Å². The van der Waals surface area contributed by atoms with Crippen molar-refractivity contribution in [3.8, 4) is 0 Å². The lowest BCUT2D eigenvalue weighted by Gasteiger charge is -2.30. The van der Waals surface area contributed by atoms with Gasteiger partial charge < -0.3 is 28.5 Å². The number of carbonyl (C=O) groups excluding carboxylic acids is 2. The van der Waals surface area contributed by atoms with Crippen LogP contribution in [0.5, 0.6) is 0 Å². The molecule has 0 spiro atoms. The molecule has 0 bridgehead atoms. The molecular formula is C70H125N2O7P. The van der Waals surface area contributed by atoms with Gasteiger partial charge in [-0.15, -0.1) is 0 Å². The number of hydrogen-bond donors (Lipinski definition) is 1. The number of ether oxygens (including phenoxy) is 1. The highest BCUT2D eigenvalue weighted by atomic mass is 31.2. The first kappa shape index (κ1) is 76.9. The van der Waals surface area contributed by atoms with Gasteiger partial charge in [-0.05, 0) is 109 Å². The Balaban J connectivity index is 5.20. The van der Waals surface area contributed by atoms with E-state index in [0.29, 0.717) is 23.9 Å². The number of likely N-dealkylation sites (N-methyl/N-ethyl adjacent to an activating group) is 1. The number of esters is 1. The van der Waals surface area contributed by atoms with Crippen LogP contribution < -0.4 is 10.2 Å². The normalized spacial score (nSPS) is 14.2. The van der Waals surface area contributed by atoms with E-state index in [2.05, 4.69) is 111 Å². The maximum Gasteiger partial charge on any atom is 0.306 e. The molecule has 0 heterocycles. The fraction of sp³-hybridized carbons (Fsp3) is 0.743. The van der Waals surface area contributed by atoms with Crippen LogP contribution in [0.1, 0.15) is 284 Å². The van der Waals surface area contributed by atoms with Crippen LogP contribution in [0.2, 0.25) is 0 Å². The third-order valence-electron chi connectivity index (χ3n) is 14.2. The van der Waals surface area contributed by atoms with Crippen molar-refractivity contribution in [1.82, 2.24) is 5.32 Å². The lowest BCUT2D eigenvalue weighted by Crippen LogP contribution is -2.47. The summed E-state index contributed by atoms with van der Waals surface area (Å²) < 4.78 is 30.4. The van der Waals surface area contributed by atoms with E-state index >= 15 is 0 Å². The van der Waals surface area contributed by atoms with Gasteiger partial charge >= 0.3 is 5.97 Å². The highest BCUT2D eigenvalue weighted by Crippen LogP contribution is 2.38. The summed E-state index contributed by atoms with van der Waals surface area (Å²) in [6.07, 6.45) is 79.4. The third-order valence-corrected chi connectivity index (χ3v) is 15.2. The van der Waals surface area contributed by atoms with Gasteiger partial charge in [0.05, 0.1) is 33.8 Å². The second-order valence-corrected chi connectivity index (χ2v) is 24.6. The molecule has 0 aromatic rings. The summed E-state index contributed by atoms with van der Waals surface area (Å²) in [4.78, 5) is 40.1. The summed E-state index contributed by atoms with van der Waals surface area (Å²) in [6, 6.07) is -0.902. The van der Waals surface area contributed by atoms with Gasteiger partial charge in [0.2, 0.25) is 5.91 Å². The van der Waals surface area contributed by atoms with Crippen molar-refractivity contribution in [2.45, 2.75) is 296 Å². The van der Waals surface area contributed by atoms with Gasteiger partial charge in [0.25, 0.3) is 7.82 Å². The van der Waals surface area contributed by atoms with Crippen molar-refractivity contribution in [3.05, 3.63) is 97.2 Å². The van der Waals surface area contributed by atoms with Crippen molar-refractivity contribution >= 4 is 19.7 Å². The number of unbranched alkanes of at least 4 members (excludes halogenated alkanes) is 29. The first-order valence-electron chi connectivity index (χ1n) is 33.0. The largest absolute Gasteiger partial charge is 0.756 e. The van der Waals surface area contributed by atoms with E-state index in [9.17, 15) is 19.0 Å². The molecule has 0 saturated carbocycles. The van der Waals surface area contributed by atoms with Crippen LogP contribution in [-0.2, 0) is 27.9 Å². The molecule has 3 atom stereocenters. The topological polar surface area (TPSA) is 114 Å². The van der Waals surface area contributed by atoms with Crippen molar-refractivity contribution in [3.63, 3.8) is 0 Å². The standard InChI is InChI=1S/C70H125N2O7P/c1-7-10-13-16-19-22-25-28-30-32-33-34-35-36-37-38-39-41-43-45-48-51-54-57-60-63-70(74)79-68(61-58-55-52-49-46-27-24-21-18-15-12-9-3)67(66-78-80(75,76)77-65-64-72(4,5)6)71-69(73)62-59-56-53-50-47-44-42-40-31-29-26-23-20-17-14-11-8-2/h10,13,19,22,28-31,33-34,36-37,39,41,58,61,67-68H,7-9,11-12,14-18,20-21,23-27,32,35,38,40,42-57,59-60,62-66H2,1-6H3,(H-,71,73,75,76)/b13-10-,22-19-,30-28-,31-29+,34-33-,37-36-,41-39-,61-58-. The Hall–Kier alpha value is -3.07. The number of carbonyl (C=O) groups is 2. The first-order chi connectivity index (χ1) is 38.9. The number of rotatable bonds is 59.